The Balaban J connectivity index is 1.99. The lowest BCUT2D eigenvalue weighted by molar-refractivity contribution is -0.155. The minimum atomic E-state index is -1.22. The standard InChI is InChI=1S/C15H16N4O6/c1-9(12(21)17-14(22)16-2)24-11(20)8-19-15(23)25-13(18-19)10-6-4-3-5-7-10/h3-7,9H,8H2,1-2H3,(H2,16,17,21,22)/t9-/m0/s1. The van der Waals surface area contributed by atoms with E-state index >= 15 is 0 Å². The number of nitrogens with zero attached hydrogens (tertiary/aromatic N) is 2. The number of aromatic nitrogens is 2. The molecule has 0 fully saturated rings. The van der Waals surface area contributed by atoms with E-state index in [1.807, 2.05) is 5.32 Å². The van der Waals surface area contributed by atoms with Crippen LogP contribution in [0.3, 0.4) is 0 Å². The number of imide groups is 1. The summed E-state index contributed by atoms with van der Waals surface area (Å²) < 4.78 is 10.6. The largest absolute Gasteiger partial charge is 0.451 e. The molecule has 10 nitrogen and oxygen atoms in total. The number of rotatable bonds is 5. The summed E-state index contributed by atoms with van der Waals surface area (Å²) >= 11 is 0. The van der Waals surface area contributed by atoms with Crippen LogP contribution in [0.2, 0.25) is 0 Å². The summed E-state index contributed by atoms with van der Waals surface area (Å²) in [6.45, 7) is 0.754. The lowest BCUT2D eigenvalue weighted by Crippen LogP contribution is -2.43. The molecule has 1 aromatic carbocycles. The number of esters is 1. The van der Waals surface area contributed by atoms with Crippen LogP contribution in [-0.2, 0) is 20.9 Å². The summed E-state index contributed by atoms with van der Waals surface area (Å²) in [5.74, 6) is -2.46. The minimum Gasteiger partial charge on any atom is -0.451 e. The first kappa shape index (κ1) is 17.9. The zero-order valence-electron chi connectivity index (χ0n) is 13.5. The van der Waals surface area contributed by atoms with Gasteiger partial charge in [-0.3, -0.25) is 14.9 Å². The van der Waals surface area contributed by atoms with Crippen LogP contribution in [0, 0.1) is 0 Å². The molecule has 3 amide bonds. The molecule has 10 heteroatoms. The van der Waals surface area contributed by atoms with Crippen LogP contribution < -0.4 is 16.4 Å². The van der Waals surface area contributed by atoms with Crippen molar-refractivity contribution < 1.29 is 23.5 Å². The van der Waals surface area contributed by atoms with E-state index < -0.39 is 36.3 Å². The summed E-state index contributed by atoms with van der Waals surface area (Å²) in [6.07, 6.45) is -1.22. The number of nitrogens with one attached hydrogen (secondary N) is 2. The molecule has 2 N–H and O–H groups in total. The van der Waals surface area contributed by atoms with Crippen LogP contribution in [-0.4, -0.2) is 40.8 Å². The Morgan fingerprint density at radius 3 is 2.60 bits per heavy atom. The quantitative estimate of drug-likeness (QED) is 0.720. The van der Waals surface area contributed by atoms with Gasteiger partial charge in [-0.2, -0.15) is 4.68 Å². The normalized spacial score (nSPS) is 11.4. The molecular weight excluding hydrogens is 332 g/mol. The van der Waals surface area contributed by atoms with Crippen LogP contribution in [0.15, 0.2) is 39.5 Å². The van der Waals surface area contributed by atoms with Gasteiger partial charge < -0.3 is 14.5 Å². The number of ether oxygens (including phenoxy) is 1. The highest BCUT2D eigenvalue weighted by Crippen LogP contribution is 2.13. The van der Waals surface area contributed by atoms with Gasteiger partial charge in [-0.15, -0.1) is 5.10 Å². The molecule has 1 heterocycles. The first-order chi connectivity index (χ1) is 11.9. The maximum atomic E-state index is 11.8. The molecule has 0 bridgehead atoms. The third kappa shape index (κ3) is 4.77. The summed E-state index contributed by atoms with van der Waals surface area (Å²) in [5.41, 5.74) is 0.574. The number of benzene rings is 1. The maximum Gasteiger partial charge on any atom is 0.437 e. The molecule has 0 unspecified atom stereocenters. The lowest BCUT2D eigenvalue weighted by atomic mass is 10.2. The molecule has 0 aliphatic rings. The van der Waals surface area contributed by atoms with Gasteiger partial charge in [0.15, 0.2) is 6.10 Å². The molecule has 2 rings (SSSR count). The molecule has 0 aliphatic heterocycles. The molecule has 25 heavy (non-hydrogen) atoms. The highest BCUT2D eigenvalue weighted by molar-refractivity contribution is 5.96. The van der Waals surface area contributed by atoms with Crippen molar-refractivity contribution in [3.8, 4) is 11.5 Å². The summed E-state index contributed by atoms with van der Waals surface area (Å²) in [4.78, 5) is 46.2. The molecule has 0 spiro atoms. The molecule has 0 radical (unpaired) electrons. The third-order valence-electron chi connectivity index (χ3n) is 3.05. The molecule has 132 valence electrons. The number of urea groups is 1. The third-order valence-corrected chi connectivity index (χ3v) is 3.05. The minimum absolute atomic E-state index is 0.0591. The van der Waals surface area contributed by atoms with Crippen LogP contribution in [0.25, 0.3) is 11.5 Å². The molecule has 0 aliphatic carbocycles. The number of carbonyl (C=O) groups is 3. The number of carbonyl (C=O) groups excluding carboxylic acids is 3. The second-order valence-corrected chi connectivity index (χ2v) is 4.90. The second kappa shape index (κ2) is 7.90. The van der Waals surface area contributed by atoms with Gasteiger partial charge >= 0.3 is 17.8 Å². The Bertz CT molecular complexity index is 826. The van der Waals surface area contributed by atoms with Gasteiger partial charge in [0.2, 0.25) is 5.89 Å². The highest BCUT2D eigenvalue weighted by atomic mass is 16.5. The van der Waals surface area contributed by atoms with Crippen LogP contribution in [0.1, 0.15) is 6.92 Å². The Hall–Kier alpha value is -3.43. The molecule has 0 saturated heterocycles. The Morgan fingerprint density at radius 1 is 1.28 bits per heavy atom. The van der Waals surface area contributed by atoms with Crippen molar-refractivity contribution in [2.45, 2.75) is 19.6 Å². The van der Waals surface area contributed by atoms with Crippen molar-refractivity contribution in [3.63, 3.8) is 0 Å². The molecule has 1 aromatic heterocycles. The summed E-state index contributed by atoms with van der Waals surface area (Å²) in [7, 11) is 1.33. The van der Waals surface area contributed by atoms with Crippen molar-refractivity contribution >= 4 is 17.9 Å². The fourth-order valence-corrected chi connectivity index (χ4v) is 1.79. The maximum absolute atomic E-state index is 11.8. The van der Waals surface area contributed by atoms with Crippen molar-refractivity contribution in [2.75, 3.05) is 7.05 Å². The van der Waals surface area contributed by atoms with Crippen molar-refractivity contribution in [1.82, 2.24) is 20.4 Å². The van der Waals surface area contributed by atoms with Gasteiger partial charge in [-0.1, -0.05) is 18.2 Å². The van der Waals surface area contributed by atoms with E-state index in [0.717, 1.165) is 4.68 Å². The average Bonchev–Trinajstić information content (AvgIpc) is 2.96. The van der Waals surface area contributed by atoms with E-state index in [1.54, 1.807) is 30.3 Å². The van der Waals surface area contributed by atoms with E-state index in [4.69, 9.17) is 9.15 Å². The molecule has 1 atom stereocenters. The topological polar surface area (TPSA) is 133 Å². The monoisotopic (exact) mass is 348 g/mol. The van der Waals surface area contributed by atoms with E-state index in [0.29, 0.717) is 5.56 Å². The number of amides is 3. The van der Waals surface area contributed by atoms with Gasteiger partial charge in [0.05, 0.1) is 0 Å². The predicted octanol–water partition coefficient (Wildman–Crippen LogP) is -0.109. The van der Waals surface area contributed by atoms with E-state index in [2.05, 4.69) is 10.4 Å². The Kier molecular flexibility index (Phi) is 5.66. The Labute approximate surface area is 141 Å². The van der Waals surface area contributed by atoms with Crippen LogP contribution in [0.5, 0.6) is 0 Å². The number of hydrogen-bond acceptors (Lipinski definition) is 7. The fourth-order valence-electron chi connectivity index (χ4n) is 1.79. The van der Waals surface area contributed by atoms with E-state index in [-0.39, 0.29) is 5.89 Å². The summed E-state index contributed by atoms with van der Waals surface area (Å²) in [6, 6.07) is 7.94. The van der Waals surface area contributed by atoms with Gasteiger partial charge in [0.25, 0.3) is 5.91 Å². The van der Waals surface area contributed by atoms with Crippen LogP contribution in [0.4, 0.5) is 4.79 Å². The smallest absolute Gasteiger partial charge is 0.437 e. The zero-order chi connectivity index (χ0) is 18.4. The van der Waals surface area contributed by atoms with Gasteiger partial charge in [0.1, 0.15) is 6.54 Å². The van der Waals surface area contributed by atoms with Crippen molar-refractivity contribution in [2.24, 2.45) is 0 Å². The molecule has 0 saturated carbocycles. The molecule has 2 aromatic rings. The Morgan fingerprint density at radius 2 is 1.96 bits per heavy atom. The highest BCUT2D eigenvalue weighted by Gasteiger charge is 2.21. The summed E-state index contributed by atoms with van der Waals surface area (Å²) in [5, 5.41) is 8.06. The zero-order valence-corrected chi connectivity index (χ0v) is 13.5. The van der Waals surface area contributed by atoms with Gasteiger partial charge in [-0.05, 0) is 19.1 Å². The van der Waals surface area contributed by atoms with Crippen molar-refractivity contribution in [1.29, 1.82) is 0 Å². The number of hydrogen-bond donors (Lipinski definition) is 2. The van der Waals surface area contributed by atoms with Crippen LogP contribution >= 0.6 is 0 Å². The lowest BCUT2D eigenvalue weighted by Gasteiger charge is -2.12. The first-order valence-corrected chi connectivity index (χ1v) is 7.26. The predicted molar refractivity (Wildman–Crippen MR) is 84.4 cm³/mol. The van der Waals surface area contributed by atoms with E-state index in [9.17, 15) is 19.2 Å². The van der Waals surface area contributed by atoms with E-state index in [1.165, 1.54) is 14.0 Å². The van der Waals surface area contributed by atoms with Gasteiger partial charge in [0, 0.05) is 12.6 Å². The first-order valence-electron chi connectivity index (χ1n) is 7.26. The second-order valence-electron chi connectivity index (χ2n) is 4.90. The molecular formula is C15H16N4O6. The SMILES string of the molecule is CNC(=O)NC(=O)[C@H](C)OC(=O)Cn1nc(-c2ccccc2)oc1=O. The average molecular weight is 348 g/mol. The van der Waals surface area contributed by atoms with Crippen molar-refractivity contribution in [3.05, 3.63) is 40.9 Å². The van der Waals surface area contributed by atoms with Gasteiger partial charge in [-0.25, -0.2) is 9.59 Å². The fraction of sp³-hybridized carbons (Fsp3) is 0.267.